The molecule has 6 rings (SSSR count). The highest BCUT2D eigenvalue weighted by molar-refractivity contribution is 7.85. The Morgan fingerprint density at radius 3 is 2.45 bits per heavy atom. The number of carbonyl (C=O) groups excluding carboxylic acids is 2. The Balaban J connectivity index is 1.44. The van der Waals surface area contributed by atoms with Gasteiger partial charge in [-0.25, -0.2) is 4.21 Å². The molecule has 1 heterocycles. The molecule has 1 aliphatic heterocycles. The average molecular weight is 537 g/mol. The lowest BCUT2D eigenvalue weighted by atomic mass is 10.1. The molecule has 186 valence electrons. The average Bonchev–Trinajstić information content (AvgIpc) is 3.02. The van der Waals surface area contributed by atoms with Crippen molar-refractivity contribution in [2.24, 2.45) is 0 Å². The maximum absolute atomic E-state index is 13.8. The Bertz CT molecular complexity index is 1760. The van der Waals surface area contributed by atoms with E-state index >= 15 is 0 Å². The molecule has 1 aliphatic rings. The fraction of sp³-hybridized carbons (Fsp3) is 0.0323. The molecule has 5 aromatic carbocycles. The zero-order chi connectivity index (χ0) is 26.2. The summed E-state index contributed by atoms with van der Waals surface area (Å²) < 4.78 is 13.7. The molecule has 0 radical (unpaired) electrons. The van der Waals surface area contributed by atoms with E-state index < -0.39 is 10.8 Å². The Morgan fingerprint density at radius 2 is 1.58 bits per heavy atom. The number of benzene rings is 5. The van der Waals surface area contributed by atoms with Crippen LogP contribution in [0.3, 0.4) is 0 Å². The summed E-state index contributed by atoms with van der Waals surface area (Å²) in [6.07, 6.45) is 0. The van der Waals surface area contributed by atoms with Crippen molar-refractivity contribution in [2.75, 3.05) is 10.2 Å². The van der Waals surface area contributed by atoms with Gasteiger partial charge in [-0.2, -0.15) is 0 Å². The van der Waals surface area contributed by atoms with E-state index in [1.807, 2.05) is 54.6 Å². The number of amides is 2. The molecule has 5 aromatic rings. The van der Waals surface area contributed by atoms with Crippen molar-refractivity contribution < 1.29 is 13.8 Å². The van der Waals surface area contributed by atoms with Crippen LogP contribution in [0.5, 0.6) is 0 Å². The Morgan fingerprint density at radius 1 is 0.816 bits per heavy atom. The molecule has 0 aliphatic carbocycles. The zero-order valence-electron chi connectivity index (χ0n) is 20.1. The van der Waals surface area contributed by atoms with Gasteiger partial charge >= 0.3 is 0 Å². The van der Waals surface area contributed by atoms with E-state index in [0.29, 0.717) is 37.3 Å². The number of anilines is 2. The number of carbonyl (C=O) groups is 2. The van der Waals surface area contributed by atoms with Gasteiger partial charge in [0.15, 0.2) is 0 Å². The van der Waals surface area contributed by atoms with Gasteiger partial charge in [0, 0.05) is 21.7 Å². The monoisotopic (exact) mass is 536 g/mol. The van der Waals surface area contributed by atoms with Gasteiger partial charge in [0.1, 0.15) is 0 Å². The summed E-state index contributed by atoms with van der Waals surface area (Å²) in [6, 6.07) is 32.7. The second-order valence-corrected chi connectivity index (χ2v) is 10.8. The first-order chi connectivity index (χ1) is 18.5. The van der Waals surface area contributed by atoms with Gasteiger partial charge in [-0.05, 0) is 59.5 Å². The van der Waals surface area contributed by atoms with Crippen molar-refractivity contribution in [3.8, 4) is 0 Å². The predicted octanol–water partition coefficient (Wildman–Crippen LogP) is 7.07. The second kappa shape index (κ2) is 9.89. The van der Waals surface area contributed by atoms with Gasteiger partial charge < -0.3 is 10.2 Å². The van der Waals surface area contributed by atoms with E-state index in [-0.39, 0.29) is 18.4 Å². The zero-order valence-corrected chi connectivity index (χ0v) is 21.6. The predicted molar refractivity (Wildman–Crippen MR) is 151 cm³/mol. The van der Waals surface area contributed by atoms with Crippen LogP contribution in [0.1, 0.15) is 26.3 Å². The Hall–Kier alpha value is -4.26. The summed E-state index contributed by atoms with van der Waals surface area (Å²) in [6.45, 7) is 0.201. The largest absolute Gasteiger partial charge is 0.321 e. The van der Waals surface area contributed by atoms with E-state index in [1.165, 1.54) is 0 Å². The molecular weight excluding hydrogens is 516 g/mol. The second-order valence-electron chi connectivity index (χ2n) is 8.95. The highest BCUT2D eigenvalue weighted by Gasteiger charge is 2.31. The smallest absolute Gasteiger partial charge is 0.259 e. The lowest BCUT2D eigenvalue weighted by Gasteiger charge is -2.24. The third kappa shape index (κ3) is 4.38. The van der Waals surface area contributed by atoms with Crippen LogP contribution in [0.2, 0.25) is 5.02 Å². The first kappa shape index (κ1) is 24.1. The van der Waals surface area contributed by atoms with Crippen molar-refractivity contribution >= 4 is 56.4 Å². The minimum absolute atomic E-state index is 0.201. The maximum atomic E-state index is 13.8. The number of rotatable bonds is 4. The number of fused-ring (bicyclic) bond motifs is 3. The number of halogens is 1. The molecule has 0 spiro atoms. The molecule has 0 aromatic heterocycles. The summed E-state index contributed by atoms with van der Waals surface area (Å²) in [5.41, 5.74) is 2.64. The van der Waals surface area contributed by atoms with Crippen LogP contribution >= 0.6 is 11.6 Å². The van der Waals surface area contributed by atoms with Crippen molar-refractivity contribution in [2.45, 2.75) is 16.3 Å². The van der Waals surface area contributed by atoms with E-state index in [9.17, 15) is 13.8 Å². The van der Waals surface area contributed by atoms with Crippen LogP contribution in [0.15, 0.2) is 119 Å². The minimum Gasteiger partial charge on any atom is -0.321 e. The maximum Gasteiger partial charge on any atom is 0.259 e. The first-order valence-corrected chi connectivity index (χ1v) is 13.5. The summed E-state index contributed by atoms with van der Waals surface area (Å²) in [4.78, 5) is 29.7. The summed E-state index contributed by atoms with van der Waals surface area (Å²) in [5, 5.41) is 5.49. The fourth-order valence-corrected chi connectivity index (χ4v) is 6.27. The third-order valence-electron chi connectivity index (χ3n) is 6.54. The minimum atomic E-state index is -1.61. The lowest BCUT2D eigenvalue weighted by Crippen LogP contribution is -2.30. The van der Waals surface area contributed by atoms with Crippen LogP contribution in [0.25, 0.3) is 10.8 Å². The van der Waals surface area contributed by atoms with Crippen LogP contribution in [-0.2, 0) is 17.3 Å². The molecule has 0 saturated heterocycles. The van der Waals surface area contributed by atoms with Crippen LogP contribution < -0.4 is 10.2 Å². The number of hydrogen-bond acceptors (Lipinski definition) is 3. The van der Waals surface area contributed by atoms with Crippen molar-refractivity contribution in [3.05, 3.63) is 131 Å². The number of nitrogens with one attached hydrogen (secondary N) is 1. The Kier molecular flexibility index (Phi) is 6.27. The number of nitrogens with zero attached hydrogens (tertiary/aromatic N) is 1. The van der Waals surface area contributed by atoms with E-state index in [4.69, 9.17) is 11.6 Å². The number of hydrogen-bond donors (Lipinski definition) is 1. The fourth-order valence-electron chi connectivity index (χ4n) is 4.71. The van der Waals surface area contributed by atoms with Gasteiger partial charge in [0.25, 0.3) is 11.8 Å². The van der Waals surface area contributed by atoms with Crippen LogP contribution in [-0.4, -0.2) is 16.0 Å². The molecule has 2 amide bonds. The highest BCUT2D eigenvalue weighted by atomic mass is 35.5. The standard InChI is InChI=1S/C31H21ClN2O3S/c32-23-10-5-7-20(17-23)19-34-27-18-22(30(35)33-26-13-6-9-21-8-1-2-11-24(21)26)15-16-29(27)38(37)28-14-4-3-12-25(28)31(34)36/h1-18H,19H2,(H,33,35)/t38-/m1/s1. The molecule has 1 N–H and O–H groups in total. The molecule has 0 bridgehead atoms. The van der Waals surface area contributed by atoms with Crippen molar-refractivity contribution in [3.63, 3.8) is 0 Å². The van der Waals surface area contributed by atoms with Gasteiger partial charge in [-0.15, -0.1) is 0 Å². The summed E-state index contributed by atoms with van der Waals surface area (Å²) in [7, 11) is -1.61. The van der Waals surface area contributed by atoms with Gasteiger partial charge in [-0.1, -0.05) is 72.3 Å². The molecule has 1 atom stereocenters. The highest BCUT2D eigenvalue weighted by Crippen LogP contribution is 2.36. The SMILES string of the molecule is O=C(Nc1cccc2ccccc12)c1ccc2c(c1)N(Cc1cccc(Cl)c1)C(=O)c1ccccc1[S@]2=O. The lowest BCUT2D eigenvalue weighted by molar-refractivity contribution is 0.0979. The molecule has 0 unspecified atom stereocenters. The summed E-state index contributed by atoms with van der Waals surface area (Å²) in [5.74, 6) is -0.619. The molecule has 0 fully saturated rings. The van der Waals surface area contributed by atoms with Crippen LogP contribution in [0, 0.1) is 0 Å². The van der Waals surface area contributed by atoms with Gasteiger partial charge in [-0.3, -0.25) is 9.59 Å². The molecule has 0 saturated carbocycles. The van der Waals surface area contributed by atoms with E-state index in [2.05, 4.69) is 5.32 Å². The molecule has 5 nitrogen and oxygen atoms in total. The quantitative estimate of drug-likeness (QED) is 0.267. The van der Waals surface area contributed by atoms with E-state index in [0.717, 1.165) is 16.3 Å². The van der Waals surface area contributed by atoms with Crippen molar-refractivity contribution in [1.82, 2.24) is 0 Å². The normalized spacial score (nSPS) is 14.5. The van der Waals surface area contributed by atoms with Crippen LogP contribution in [0.4, 0.5) is 11.4 Å². The molecule has 38 heavy (non-hydrogen) atoms. The van der Waals surface area contributed by atoms with Gasteiger partial charge in [0.2, 0.25) is 0 Å². The third-order valence-corrected chi connectivity index (χ3v) is 8.28. The topological polar surface area (TPSA) is 66.5 Å². The van der Waals surface area contributed by atoms with E-state index in [1.54, 1.807) is 59.5 Å². The Labute approximate surface area is 227 Å². The van der Waals surface area contributed by atoms with Crippen molar-refractivity contribution in [1.29, 1.82) is 0 Å². The molecule has 7 heteroatoms. The molecular formula is C31H21ClN2O3S. The first-order valence-electron chi connectivity index (χ1n) is 12.0. The summed E-state index contributed by atoms with van der Waals surface area (Å²) >= 11 is 6.22. The van der Waals surface area contributed by atoms with Gasteiger partial charge in [0.05, 0.1) is 38.4 Å².